The average Bonchev–Trinajstić information content (AvgIpc) is 3.14. The first-order valence-corrected chi connectivity index (χ1v) is 13.7. The number of pyridine rings is 1. The SMILES string of the molecule is COc1cc(F)cnc1N1CC2(CC(c3nnc4n3-c3ccc(Cl)cc3CN(C3CN(CC(F)(F)F)C3)C4)C2)C1. The van der Waals surface area contributed by atoms with Gasteiger partial charge in [0.15, 0.2) is 17.4 Å². The van der Waals surface area contributed by atoms with Crippen LogP contribution in [-0.4, -0.2) is 81.6 Å². The van der Waals surface area contributed by atoms with Crippen LogP contribution in [0.15, 0.2) is 30.5 Å². The van der Waals surface area contributed by atoms with Crippen LogP contribution in [0.1, 0.15) is 36.0 Å². The molecule has 3 aliphatic heterocycles. The molecule has 7 rings (SSSR count). The molecule has 1 spiro atoms. The molecule has 4 aliphatic rings. The van der Waals surface area contributed by atoms with Crippen LogP contribution >= 0.6 is 11.6 Å². The van der Waals surface area contributed by atoms with E-state index in [1.807, 2.05) is 18.2 Å². The van der Waals surface area contributed by atoms with Crippen LogP contribution in [-0.2, 0) is 13.1 Å². The van der Waals surface area contributed by atoms with Gasteiger partial charge in [0.25, 0.3) is 0 Å². The van der Waals surface area contributed by atoms with Gasteiger partial charge in [0, 0.05) is 61.2 Å². The molecule has 40 heavy (non-hydrogen) atoms. The third-order valence-corrected chi connectivity index (χ3v) is 8.94. The molecule has 0 atom stereocenters. The fraction of sp³-hybridized carbons (Fsp3) is 0.519. The van der Waals surface area contributed by atoms with Crippen molar-refractivity contribution in [3.8, 4) is 11.4 Å². The van der Waals surface area contributed by atoms with Gasteiger partial charge in [-0.15, -0.1) is 10.2 Å². The summed E-state index contributed by atoms with van der Waals surface area (Å²) in [4.78, 5) is 9.98. The molecule has 2 saturated heterocycles. The molecule has 0 bridgehead atoms. The summed E-state index contributed by atoms with van der Waals surface area (Å²) in [7, 11) is 1.52. The van der Waals surface area contributed by atoms with E-state index in [2.05, 4.69) is 29.5 Å². The highest BCUT2D eigenvalue weighted by atomic mass is 35.5. The second-order valence-electron chi connectivity index (χ2n) is 11.6. The van der Waals surface area contributed by atoms with Gasteiger partial charge in [-0.3, -0.25) is 14.4 Å². The van der Waals surface area contributed by atoms with Crippen LogP contribution in [0.3, 0.4) is 0 Å². The number of rotatable bonds is 5. The van der Waals surface area contributed by atoms with Crippen molar-refractivity contribution in [2.45, 2.75) is 44.1 Å². The fourth-order valence-electron chi connectivity index (χ4n) is 6.87. The number of nitrogens with zero attached hydrogens (tertiary/aromatic N) is 7. The summed E-state index contributed by atoms with van der Waals surface area (Å²) in [6.45, 7) is 2.57. The molecule has 1 aromatic carbocycles. The maximum absolute atomic E-state index is 13.6. The quantitative estimate of drug-likeness (QED) is 0.416. The fourth-order valence-corrected chi connectivity index (χ4v) is 7.06. The van der Waals surface area contributed by atoms with Crippen molar-refractivity contribution in [3.63, 3.8) is 0 Å². The second-order valence-corrected chi connectivity index (χ2v) is 12.0. The summed E-state index contributed by atoms with van der Waals surface area (Å²) in [5, 5.41) is 9.81. The van der Waals surface area contributed by atoms with E-state index in [9.17, 15) is 17.6 Å². The van der Waals surface area contributed by atoms with Crippen molar-refractivity contribution < 1.29 is 22.3 Å². The van der Waals surface area contributed by atoms with E-state index in [1.165, 1.54) is 24.3 Å². The number of halogens is 5. The van der Waals surface area contributed by atoms with Gasteiger partial charge in [0.05, 0.1) is 32.1 Å². The van der Waals surface area contributed by atoms with Gasteiger partial charge in [-0.1, -0.05) is 11.6 Å². The largest absolute Gasteiger partial charge is 0.493 e. The zero-order chi connectivity index (χ0) is 27.8. The Labute approximate surface area is 233 Å². The van der Waals surface area contributed by atoms with E-state index in [-0.39, 0.29) is 17.4 Å². The predicted molar refractivity (Wildman–Crippen MR) is 139 cm³/mol. The molecular weight excluding hydrogens is 550 g/mol. The molecule has 2 aromatic heterocycles. The Balaban J connectivity index is 1.08. The van der Waals surface area contributed by atoms with E-state index < -0.39 is 18.5 Å². The van der Waals surface area contributed by atoms with Crippen LogP contribution in [0.25, 0.3) is 5.69 Å². The summed E-state index contributed by atoms with van der Waals surface area (Å²) in [6, 6.07) is 7.13. The minimum atomic E-state index is -4.20. The number of methoxy groups -OCH3 is 1. The number of likely N-dealkylation sites (tertiary alicyclic amines) is 1. The molecule has 13 heteroatoms. The van der Waals surface area contributed by atoms with Crippen LogP contribution in [0.2, 0.25) is 5.02 Å². The van der Waals surface area contributed by atoms with Crippen molar-refractivity contribution >= 4 is 17.4 Å². The molecule has 1 saturated carbocycles. The molecule has 3 aromatic rings. The number of fused-ring (bicyclic) bond motifs is 3. The number of ether oxygens (including phenoxy) is 1. The van der Waals surface area contributed by atoms with Crippen molar-refractivity contribution in [2.24, 2.45) is 5.41 Å². The van der Waals surface area contributed by atoms with Crippen molar-refractivity contribution in [2.75, 3.05) is 44.7 Å². The number of alkyl halides is 3. The Bertz CT molecular complexity index is 1440. The topological polar surface area (TPSA) is 62.6 Å². The summed E-state index contributed by atoms with van der Waals surface area (Å²) < 4.78 is 59.6. The van der Waals surface area contributed by atoms with Gasteiger partial charge < -0.3 is 9.64 Å². The van der Waals surface area contributed by atoms with Gasteiger partial charge >= 0.3 is 6.18 Å². The number of aromatic nitrogens is 4. The van der Waals surface area contributed by atoms with Crippen molar-refractivity contribution in [1.82, 2.24) is 29.5 Å². The predicted octanol–water partition coefficient (Wildman–Crippen LogP) is 4.41. The normalized spacial score (nSPS) is 21.3. The monoisotopic (exact) mass is 577 g/mol. The zero-order valence-corrected chi connectivity index (χ0v) is 22.6. The lowest BCUT2D eigenvalue weighted by atomic mass is 9.57. The van der Waals surface area contributed by atoms with E-state index in [0.717, 1.165) is 48.8 Å². The van der Waals surface area contributed by atoms with Gasteiger partial charge in [-0.05, 0) is 36.6 Å². The lowest BCUT2D eigenvalue weighted by Crippen LogP contribution is -2.62. The summed E-state index contributed by atoms with van der Waals surface area (Å²) in [6.07, 6.45) is -1.08. The minimum absolute atomic E-state index is 0.00544. The zero-order valence-electron chi connectivity index (χ0n) is 21.8. The summed E-state index contributed by atoms with van der Waals surface area (Å²) >= 11 is 6.37. The highest BCUT2D eigenvalue weighted by molar-refractivity contribution is 6.30. The Hall–Kier alpha value is -2.96. The summed E-state index contributed by atoms with van der Waals surface area (Å²) in [5.74, 6) is 2.60. The van der Waals surface area contributed by atoms with Crippen LogP contribution in [0, 0.1) is 11.2 Å². The second kappa shape index (κ2) is 9.28. The van der Waals surface area contributed by atoms with E-state index in [0.29, 0.717) is 42.8 Å². The Morgan fingerprint density at radius 2 is 1.88 bits per heavy atom. The minimum Gasteiger partial charge on any atom is -0.493 e. The molecule has 0 amide bonds. The number of hydrogen-bond acceptors (Lipinski definition) is 7. The van der Waals surface area contributed by atoms with Gasteiger partial charge in [-0.2, -0.15) is 13.2 Å². The lowest BCUT2D eigenvalue weighted by Gasteiger charge is -2.59. The molecule has 5 heterocycles. The maximum Gasteiger partial charge on any atom is 0.401 e. The van der Waals surface area contributed by atoms with Gasteiger partial charge in [0.1, 0.15) is 11.6 Å². The lowest BCUT2D eigenvalue weighted by molar-refractivity contribution is -0.161. The molecular formula is C27H28ClF4N7O. The highest BCUT2D eigenvalue weighted by Crippen LogP contribution is 2.57. The van der Waals surface area contributed by atoms with Crippen LogP contribution < -0.4 is 9.64 Å². The first-order chi connectivity index (χ1) is 19.1. The van der Waals surface area contributed by atoms with E-state index >= 15 is 0 Å². The third-order valence-electron chi connectivity index (χ3n) is 8.71. The first kappa shape index (κ1) is 26.0. The summed E-state index contributed by atoms with van der Waals surface area (Å²) in [5.41, 5.74) is 2.13. The molecule has 8 nitrogen and oxygen atoms in total. The molecule has 0 N–H and O–H groups in total. The van der Waals surface area contributed by atoms with Crippen LogP contribution in [0.4, 0.5) is 23.4 Å². The number of benzene rings is 1. The van der Waals surface area contributed by atoms with Crippen molar-refractivity contribution in [3.05, 3.63) is 58.5 Å². The maximum atomic E-state index is 13.6. The van der Waals surface area contributed by atoms with E-state index in [1.54, 1.807) is 0 Å². The Morgan fingerprint density at radius 3 is 2.60 bits per heavy atom. The van der Waals surface area contributed by atoms with Gasteiger partial charge in [0.2, 0.25) is 0 Å². The molecule has 212 valence electrons. The highest BCUT2D eigenvalue weighted by Gasteiger charge is 2.55. The molecule has 0 radical (unpaired) electrons. The van der Waals surface area contributed by atoms with E-state index in [4.69, 9.17) is 16.3 Å². The number of hydrogen-bond donors (Lipinski definition) is 0. The molecule has 0 unspecified atom stereocenters. The van der Waals surface area contributed by atoms with Crippen LogP contribution in [0.5, 0.6) is 5.75 Å². The average molecular weight is 578 g/mol. The number of anilines is 1. The van der Waals surface area contributed by atoms with Crippen molar-refractivity contribution in [1.29, 1.82) is 0 Å². The molecule has 1 aliphatic carbocycles. The Morgan fingerprint density at radius 1 is 1.10 bits per heavy atom. The third kappa shape index (κ3) is 4.50. The van der Waals surface area contributed by atoms with Gasteiger partial charge in [-0.25, -0.2) is 9.37 Å². The molecule has 3 fully saturated rings. The first-order valence-electron chi connectivity index (χ1n) is 13.3. The standard InChI is InChI=1S/C27H28ClF4N7O/c1-40-22-5-19(29)8-33-25(22)38-13-26(14-38)6-17(7-26)24-35-34-23-12-37(20-10-36(11-20)15-27(30,31)32)9-16-4-18(28)2-3-21(16)39(23)24/h2-5,8,17,20H,6-7,9-15H2,1H3. The smallest absolute Gasteiger partial charge is 0.401 e. The Kier molecular flexibility index (Phi) is 6.03.